The van der Waals surface area contributed by atoms with Crippen LogP contribution in [0.2, 0.25) is 0 Å². The number of hydrogen-bond acceptors (Lipinski definition) is 3. The summed E-state index contributed by atoms with van der Waals surface area (Å²) in [6.45, 7) is 1.67. The molecular weight excluding hydrogens is 378 g/mol. The second-order valence-electron chi connectivity index (χ2n) is 5.64. The van der Waals surface area contributed by atoms with Gasteiger partial charge >= 0.3 is 12.4 Å². The van der Waals surface area contributed by atoms with Crippen molar-refractivity contribution in [1.29, 1.82) is 0 Å². The van der Waals surface area contributed by atoms with E-state index in [-0.39, 0.29) is 11.6 Å². The summed E-state index contributed by atoms with van der Waals surface area (Å²) in [6, 6.07) is 3.52. The lowest BCUT2D eigenvalue weighted by Crippen LogP contribution is -2.16. The first kappa shape index (κ1) is 18.7. The van der Waals surface area contributed by atoms with Gasteiger partial charge in [-0.15, -0.1) is 10.2 Å². The number of nitrogens with zero attached hydrogens (tertiary/aromatic N) is 3. The number of aromatic nitrogens is 3. The van der Waals surface area contributed by atoms with Crippen LogP contribution in [0, 0.1) is 6.92 Å². The maximum atomic E-state index is 12.9. The van der Waals surface area contributed by atoms with Crippen LogP contribution in [0.15, 0.2) is 36.5 Å². The number of fused-ring (bicyclic) bond motifs is 1. The molecule has 0 fully saturated rings. The third-order valence-corrected chi connectivity index (χ3v) is 3.69. The Morgan fingerprint density at radius 3 is 2.11 bits per heavy atom. The molecule has 0 saturated heterocycles. The summed E-state index contributed by atoms with van der Waals surface area (Å²) in [7, 11) is 0. The van der Waals surface area contributed by atoms with Gasteiger partial charge in [-0.25, -0.2) is 0 Å². The van der Waals surface area contributed by atoms with Crippen LogP contribution in [-0.2, 0) is 12.4 Å². The molecule has 27 heavy (non-hydrogen) atoms. The number of carbonyl (C=O) groups is 1. The van der Waals surface area contributed by atoms with Crippen LogP contribution in [0.1, 0.15) is 27.3 Å². The zero-order valence-corrected chi connectivity index (χ0v) is 13.5. The Kier molecular flexibility index (Phi) is 4.32. The van der Waals surface area contributed by atoms with E-state index in [1.807, 2.05) is 0 Å². The zero-order valence-electron chi connectivity index (χ0n) is 13.5. The van der Waals surface area contributed by atoms with Crippen LogP contribution in [0.3, 0.4) is 0 Å². The summed E-state index contributed by atoms with van der Waals surface area (Å²) < 4.78 is 78.8. The molecule has 11 heteroatoms. The minimum Gasteiger partial charge on any atom is -0.322 e. The minimum atomic E-state index is -5.00. The molecular formula is C16H10F6N4O. The number of pyridine rings is 1. The lowest BCUT2D eigenvalue weighted by Gasteiger charge is -2.14. The molecule has 0 spiro atoms. The molecule has 0 bridgehead atoms. The average molecular weight is 388 g/mol. The zero-order chi connectivity index (χ0) is 20.0. The summed E-state index contributed by atoms with van der Waals surface area (Å²) in [5.41, 5.74) is -3.35. The second kappa shape index (κ2) is 6.25. The first-order chi connectivity index (χ1) is 12.4. The van der Waals surface area contributed by atoms with Crippen LogP contribution in [0.25, 0.3) is 5.65 Å². The predicted molar refractivity (Wildman–Crippen MR) is 82.1 cm³/mol. The van der Waals surface area contributed by atoms with Crippen LogP contribution >= 0.6 is 0 Å². The Balaban J connectivity index is 1.96. The highest BCUT2D eigenvalue weighted by Gasteiger charge is 2.37. The maximum Gasteiger partial charge on any atom is 0.416 e. The van der Waals surface area contributed by atoms with E-state index in [4.69, 9.17) is 0 Å². The highest BCUT2D eigenvalue weighted by Crippen LogP contribution is 2.37. The Hall–Kier alpha value is -3.11. The van der Waals surface area contributed by atoms with Gasteiger partial charge in [0.15, 0.2) is 5.65 Å². The summed E-state index contributed by atoms with van der Waals surface area (Å²) >= 11 is 0. The number of carbonyl (C=O) groups excluding carboxylic acids is 1. The van der Waals surface area contributed by atoms with E-state index >= 15 is 0 Å². The molecule has 0 unspecified atom stereocenters. The molecule has 0 radical (unpaired) electrons. The number of amides is 1. The maximum absolute atomic E-state index is 12.9. The van der Waals surface area contributed by atoms with E-state index in [0.717, 1.165) is 0 Å². The van der Waals surface area contributed by atoms with Crippen molar-refractivity contribution < 1.29 is 31.1 Å². The molecule has 0 aliphatic rings. The minimum absolute atomic E-state index is 0.000806. The van der Waals surface area contributed by atoms with Gasteiger partial charge in [0, 0.05) is 17.4 Å². The average Bonchev–Trinajstić information content (AvgIpc) is 2.93. The molecule has 0 atom stereocenters. The predicted octanol–water partition coefficient (Wildman–Crippen LogP) is 4.33. The Morgan fingerprint density at radius 1 is 0.963 bits per heavy atom. The number of benzene rings is 1. The smallest absolute Gasteiger partial charge is 0.322 e. The quantitative estimate of drug-likeness (QED) is 0.665. The normalized spacial score (nSPS) is 12.4. The fraction of sp³-hybridized carbons (Fsp3) is 0.188. The number of anilines is 1. The summed E-state index contributed by atoms with van der Waals surface area (Å²) in [5.74, 6) is -0.338. The van der Waals surface area contributed by atoms with Gasteiger partial charge < -0.3 is 5.32 Å². The van der Waals surface area contributed by atoms with E-state index in [1.165, 1.54) is 18.3 Å². The van der Waals surface area contributed by atoms with Crippen molar-refractivity contribution in [3.63, 3.8) is 0 Å². The molecule has 5 nitrogen and oxygen atoms in total. The molecule has 3 rings (SSSR count). The summed E-state index contributed by atoms with van der Waals surface area (Å²) in [5, 5.41) is 9.64. The van der Waals surface area contributed by atoms with Gasteiger partial charge in [0.2, 0.25) is 0 Å². The van der Waals surface area contributed by atoms with Crippen LogP contribution in [0.4, 0.5) is 32.0 Å². The summed E-state index contributed by atoms with van der Waals surface area (Å²) in [6.07, 6.45) is -8.54. The topological polar surface area (TPSA) is 59.3 Å². The van der Waals surface area contributed by atoms with E-state index in [1.54, 1.807) is 11.3 Å². The number of rotatable bonds is 2. The highest BCUT2D eigenvalue weighted by atomic mass is 19.4. The molecule has 142 valence electrons. The van der Waals surface area contributed by atoms with Crippen molar-refractivity contribution in [2.75, 3.05) is 5.32 Å². The van der Waals surface area contributed by atoms with Crippen molar-refractivity contribution in [3.05, 3.63) is 59.0 Å². The van der Waals surface area contributed by atoms with Crippen molar-refractivity contribution in [1.82, 2.24) is 14.6 Å². The van der Waals surface area contributed by atoms with Gasteiger partial charge in [-0.3, -0.25) is 9.20 Å². The van der Waals surface area contributed by atoms with Crippen molar-refractivity contribution in [2.24, 2.45) is 0 Å². The van der Waals surface area contributed by atoms with Crippen molar-refractivity contribution in [3.8, 4) is 0 Å². The number of hydrogen-bond donors (Lipinski definition) is 1. The molecule has 1 amide bonds. The van der Waals surface area contributed by atoms with E-state index in [2.05, 4.69) is 15.5 Å². The first-order valence-electron chi connectivity index (χ1n) is 7.37. The fourth-order valence-corrected chi connectivity index (χ4v) is 2.38. The van der Waals surface area contributed by atoms with Crippen LogP contribution in [0.5, 0.6) is 0 Å². The molecule has 0 aliphatic carbocycles. The van der Waals surface area contributed by atoms with Gasteiger partial charge in [0.1, 0.15) is 5.82 Å². The molecule has 0 aliphatic heterocycles. The van der Waals surface area contributed by atoms with Crippen LogP contribution in [-0.4, -0.2) is 20.5 Å². The Labute approximate surface area is 147 Å². The molecule has 2 heterocycles. The van der Waals surface area contributed by atoms with Gasteiger partial charge in [0.25, 0.3) is 5.91 Å². The van der Waals surface area contributed by atoms with Gasteiger partial charge in [-0.05, 0) is 37.3 Å². The van der Waals surface area contributed by atoms with Crippen molar-refractivity contribution >= 4 is 17.2 Å². The van der Waals surface area contributed by atoms with Gasteiger partial charge in [0.05, 0.1) is 11.1 Å². The van der Waals surface area contributed by atoms with Crippen molar-refractivity contribution in [2.45, 2.75) is 19.3 Å². The first-order valence-corrected chi connectivity index (χ1v) is 7.37. The van der Waals surface area contributed by atoms with Gasteiger partial charge in [-0.1, -0.05) is 0 Å². The second-order valence-corrected chi connectivity index (χ2v) is 5.64. The number of alkyl halides is 6. The van der Waals surface area contributed by atoms with E-state index in [0.29, 0.717) is 23.6 Å². The number of aryl methyl sites for hydroxylation is 1. The molecule has 0 saturated carbocycles. The third kappa shape index (κ3) is 3.86. The monoisotopic (exact) mass is 388 g/mol. The SMILES string of the molecule is Cc1nnc2cc(C(=O)Nc3cc(C(F)(F)F)cc(C(F)(F)F)c3)ccn12. The fourth-order valence-electron chi connectivity index (χ4n) is 2.38. The van der Waals surface area contributed by atoms with E-state index in [9.17, 15) is 31.1 Å². The largest absolute Gasteiger partial charge is 0.416 e. The lowest BCUT2D eigenvalue weighted by atomic mass is 10.1. The third-order valence-electron chi connectivity index (χ3n) is 3.69. The highest BCUT2D eigenvalue weighted by molar-refractivity contribution is 6.04. The molecule has 3 aromatic rings. The Morgan fingerprint density at radius 2 is 1.56 bits per heavy atom. The number of nitrogens with one attached hydrogen (secondary N) is 1. The molecule has 1 N–H and O–H groups in total. The Bertz CT molecular complexity index is 990. The molecule has 2 aromatic heterocycles. The van der Waals surface area contributed by atoms with Crippen LogP contribution < -0.4 is 5.32 Å². The van der Waals surface area contributed by atoms with E-state index < -0.39 is 35.1 Å². The number of halogens is 6. The van der Waals surface area contributed by atoms with Gasteiger partial charge in [-0.2, -0.15) is 26.3 Å². The lowest BCUT2D eigenvalue weighted by molar-refractivity contribution is -0.143. The standard InChI is InChI=1S/C16H10F6N4O/c1-8-24-25-13-4-9(2-3-26(8)13)14(27)23-12-6-10(15(17,18)19)5-11(7-12)16(20,21)22/h2-7H,1H3,(H,23,27). The molecule has 1 aromatic carbocycles. The summed E-state index contributed by atoms with van der Waals surface area (Å²) in [4.78, 5) is 12.3.